The lowest BCUT2D eigenvalue weighted by atomic mass is 10.1. The van der Waals surface area contributed by atoms with E-state index in [0.29, 0.717) is 30.2 Å². The van der Waals surface area contributed by atoms with Crippen LogP contribution in [0, 0.1) is 6.92 Å². The summed E-state index contributed by atoms with van der Waals surface area (Å²) in [7, 11) is 5.57. The molecule has 0 fully saturated rings. The van der Waals surface area contributed by atoms with Crippen LogP contribution in [0.25, 0.3) is 0 Å². The summed E-state index contributed by atoms with van der Waals surface area (Å²) in [5, 5.41) is 20.0. The van der Waals surface area contributed by atoms with Crippen molar-refractivity contribution in [2.24, 2.45) is 0 Å². The normalized spacial score (nSPS) is 12.6. The average molecular weight is 440 g/mol. The van der Waals surface area contributed by atoms with E-state index in [4.69, 9.17) is 4.74 Å². The summed E-state index contributed by atoms with van der Waals surface area (Å²) in [6.45, 7) is 7.02. The van der Waals surface area contributed by atoms with E-state index in [2.05, 4.69) is 6.58 Å². The van der Waals surface area contributed by atoms with Crippen LogP contribution in [-0.2, 0) is 17.9 Å². The number of phenolic OH excluding ortho intramolecular Hbond substituents is 2. The number of amides is 2. The van der Waals surface area contributed by atoms with E-state index in [0.717, 1.165) is 17.7 Å². The summed E-state index contributed by atoms with van der Waals surface area (Å²) in [6, 6.07) is 6.33. The summed E-state index contributed by atoms with van der Waals surface area (Å²) in [4.78, 5) is 30.5. The number of hydrogen-bond donors (Lipinski definition) is 2. The number of hydrogen-bond acceptors (Lipinski definition) is 6. The molecule has 0 atom stereocenters. The summed E-state index contributed by atoms with van der Waals surface area (Å²) < 4.78 is 5.90. The van der Waals surface area contributed by atoms with Crippen molar-refractivity contribution >= 4 is 17.5 Å². The number of rotatable bonds is 7. The molecule has 0 aromatic heterocycles. The molecule has 8 nitrogen and oxygen atoms in total. The van der Waals surface area contributed by atoms with Crippen LogP contribution in [0.3, 0.4) is 0 Å². The van der Waals surface area contributed by atoms with Crippen LogP contribution < -0.4 is 9.64 Å². The van der Waals surface area contributed by atoms with Gasteiger partial charge in [-0.05, 0) is 50.4 Å². The number of anilines is 1. The van der Waals surface area contributed by atoms with Crippen molar-refractivity contribution in [2.75, 3.05) is 39.2 Å². The molecule has 0 radical (unpaired) electrons. The van der Waals surface area contributed by atoms with Gasteiger partial charge in [-0.15, -0.1) is 0 Å². The third-order valence-corrected chi connectivity index (χ3v) is 5.51. The standard InChI is InChI=1S/C24H29N3O5/c1-6-23(30)26(5)20-11-17(32-8-7-25(3)4)10-16-13-27(14-19(16)20)24(31)18-9-15(2)21(28)12-22(18)29/h6,9-12,28-29H,1,7-8,13-14H2,2-5H3. The molecule has 8 heteroatoms. The topological polar surface area (TPSA) is 93.6 Å². The van der Waals surface area contributed by atoms with Crippen LogP contribution in [0.15, 0.2) is 36.9 Å². The van der Waals surface area contributed by atoms with E-state index in [-0.39, 0.29) is 35.4 Å². The molecule has 0 saturated carbocycles. The second-order valence-electron chi connectivity index (χ2n) is 8.15. The lowest BCUT2D eigenvalue weighted by Gasteiger charge is -2.21. The van der Waals surface area contributed by atoms with Gasteiger partial charge in [0.2, 0.25) is 5.91 Å². The molecule has 1 heterocycles. The van der Waals surface area contributed by atoms with Crippen molar-refractivity contribution < 1.29 is 24.5 Å². The van der Waals surface area contributed by atoms with Gasteiger partial charge in [-0.3, -0.25) is 9.59 Å². The first-order valence-electron chi connectivity index (χ1n) is 10.3. The van der Waals surface area contributed by atoms with E-state index >= 15 is 0 Å². The van der Waals surface area contributed by atoms with Gasteiger partial charge in [0.05, 0.1) is 11.3 Å². The molecule has 0 spiro atoms. The van der Waals surface area contributed by atoms with Gasteiger partial charge >= 0.3 is 0 Å². The fourth-order valence-corrected chi connectivity index (χ4v) is 3.62. The molecule has 0 saturated heterocycles. The van der Waals surface area contributed by atoms with E-state index in [1.54, 1.807) is 24.9 Å². The Morgan fingerprint density at radius 3 is 2.50 bits per heavy atom. The van der Waals surface area contributed by atoms with Crippen LogP contribution in [0.5, 0.6) is 17.2 Å². The molecule has 1 aliphatic rings. The van der Waals surface area contributed by atoms with Crippen LogP contribution in [0.1, 0.15) is 27.0 Å². The lowest BCUT2D eigenvalue weighted by Crippen LogP contribution is -2.27. The Morgan fingerprint density at radius 2 is 1.84 bits per heavy atom. The predicted octanol–water partition coefficient (Wildman–Crippen LogP) is 2.65. The Labute approximate surface area is 187 Å². The minimum atomic E-state index is -0.361. The van der Waals surface area contributed by atoms with Gasteiger partial charge in [0.15, 0.2) is 0 Å². The zero-order valence-electron chi connectivity index (χ0n) is 18.9. The minimum Gasteiger partial charge on any atom is -0.508 e. The third kappa shape index (κ3) is 4.70. The molecule has 0 aliphatic carbocycles. The number of fused-ring (bicyclic) bond motifs is 1. The maximum atomic E-state index is 13.2. The van der Waals surface area contributed by atoms with Gasteiger partial charge in [-0.2, -0.15) is 0 Å². The Hall–Kier alpha value is -3.52. The van der Waals surface area contributed by atoms with Crippen LogP contribution in [-0.4, -0.2) is 66.1 Å². The number of likely N-dealkylation sites (N-methyl/N-ethyl adjacent to an activating group) is 2. The maximum Gasteiger partial charge on any atom is 0.258 e. The summed E-state index contributed by atoms with van der Waals surface area (Å²) in [6.07, 6.45) is 1.24. The average Bonchev–Trinajstić information content (AvgIpc) is 3.18. The number of carbonyl (C=O) groups is 2. The van der Waals surface area contributed by atoms with Gasteiger partial charge in [0.1, 0.15) is 23.9 Å². The molecule has 2 aromatic carbocycles. The zero-order valence-corrected chi connectivity index (χ0v) is 18.9. The van der Waals surface area contributed by atoms with Crippen LogP contribution in [0.2, 0.25) is 0 Å². The fourth-order valence-electron chi connectivity index (χ4n) is 3.62. The number of benzene rings is 2. The van der Waals surface area contributed by atoms with Gasteiger partial charge in [-0.25, -0.2) is 0 Å². The van der Waals surface area contributed by atoms with E-state index < -0.39 is 0 Å². The van der Waals surface area contributed by atoms with E-state index in [1.165, 1.54) is 23.1 Å². The third-order valence-electron chi connectivity index (χ3n) is 5.51. The maximum absolute atomic E-state index is 13.2. The Kier molecular flexibility index (Phi) is 6.74. The highest BCUT2D eigenvalue weighted by Crippen LogP contribution is 2.37. The van der Waals surface area contributed by atoms with Gasteiger partial charge in [-0.1, -0.05) is 6.58 Å². The van der Waals surface area contributed by atoms with Gasteiger partial charge in [0.25, 0.3) is 5.91 Å². The SMILES string of the molecule is C=CC(=O)N(C)c1cc(OCCN(C)C)cc2c1CN(C(=O)c1cc(C)c(O)cc1O)C2. The minimum absolute atomic E-state index is 0.0740. The van der Waals surface area contributed by atoms with Crippen LogP contribution >= 0.6 is 0 Å². The molecule has 0 unspecified atom stereocenters. The second kappa shape index (κ2) is 9.32. The number of phenols is 2. The molecule has 2 amide bonds. The van der Waals surface area contributed by atoms with E-state index in [9.17, 15) is 19.8 Å². The molecule has 170 valence electrons. The lowest BCUT2D eigenvalue weighted by molar-refractivity contribution is -0.113. The highest BCUT2D eigenvalue weighted by Gasteiger charge is 2.30. The zero-order chi connectivity index (χ0) is 23.6. The number of carbonyl (C=O) groups excluding carboxylic acids is 2. The molecular weight excluding hydrogens is 410 g/mol. The molecule has 0 bridgehead atoms. The molecule has 32 heavy (non-hydrogen) atoms. The quantitative estimate of drug-likeness (QED) is 0.645. The molecule has 2 N–H and O–H groups in total. The van der Waals surface area contributed by atoms with Gasteiger partial charge < -0.3 is 29.6 Å². The number of ether oxygens (including phenoxy) is 1. The number of nitrogens with zero attached hydrogens (tertiary/aromatic N) is 3. The van der Waals surface area contributed by atoms with Crippen molar-refractivity contribution in [1.82, 2.24) is 9.80 Å². The van der Waals surface area contributed by atoms with Crippen molar-refractivity contribution in [3.63, 3.8) is 0 Å². The first-order valence-corrected chi connectivity index (χ1v) is 10.3. The molecular formula is C24H29N3O5. The Bertz CT molecular complexity index is 1060. The monoisotopic (exact) mass is 439 g/mol. The fraction of sp³-hybridized carbons (Fsp3) is 0.333. The predicted molar refractivity (Wildman–Crippen MR) is 122 cm³/mol. The van der Waals surface area contributed by atoms with Crippen molar-refractivity contribution in [3.8, 4) is 17.2 Å². The molecule has 1 aliphatic heterocycles. The highest BCUT2D eigenvalue weighted by molar-refractivity contribution is 6.02. The largest absolute Gasteiger partial charge is 0.508 e. The first-order chi connectivity index (χ1) is 15.1. The number of aromatic hydroxyl groups is 2. The molecule has 2 aromatic rings. The highest BCUT2D eigenvalue weighted by atomic mass is 16.5. The number of aryl methyl sites for hydroxylation is 1. The summed E-state index contributed by atoms with van der Waals surface area (Å²) in [5.74, 6) is -0.368. The first kappa shape index (κ1) is 23.1. The smallest absolute Gasteiger partial charge is 0.258 e. The Morgan fingerprint density at radius 1 is 1.12 bits per heavy atom. The summed E-state index contributed by atoms with van der Waals surface area (Å²) in [5.41, 5.74) is 2.97. The van der Waals surface area contributed by atoms with Gasteiger partial charge in [0, 0.05) is 44.4 Å². The van der Waals surface area contributed by atoms with Crippen molar-refractivity contribution in [1.29, 1.82) is 0 Å². The second-order valence-corrected chi connectivity index (χ2v) is 8.15. The summed E-state index contributed by atoms with van der Waals surface area (Å²) >= 11 is 0. The van der Waals surface area contributed by atoms with Crippen LogP contribution in [0.4, 0.5) is 5.69 Å². The Balaban J connectivity index is 1.93. The van der Waals surface area contributed by atoms with Crippen molar-refractivity contribution in [3.05, 3.63) is 59.2 Å². The van der Waals surface area contributed by atoms with Crippen molar-refractivity contribution in [2.45, 2.75) is 20.0 Å². The molecule has 3 rings (SSSR count). The van der Waals surface area contributed by atoms with E-state index in [1.807, 2.05) is 25.1 Å².